The molecule has 1 aromatic heterocycles. The molecule has 2 aliphatic rings. The molecule has 5 heteroatoms. The molecule has 2 aliphatic carbocycles. The van der Waals surface area contributed by atoms with Gasteiger partial charge in [-0.15, -0.1) is 22.9 Å². The van der Waals surface area contributed by atoms with Crippen molar-refractivity contribution in [1.82, 2.24) is 0 Å². The zero-order valence-electron chi connectivity index (χ0n) is 15.1. The van der Waals surface area contributed by atoms with Gasteiger partial charge in [0.1, 0.15) is 4.88 Å². The molecule has 2 saturated carbocycles. The van der Waals surface area contributed by atoms with Crippen LogP contribution in [-0.2, 0) is 6.42 Å². The second-order valence-electron chi connectivity index (χ2n) is 7.81. The van der Waals surface area contributed by atoms with Crippen LogP contribution in [0, 0.1) is 17.8 Å². The summed E-state index contributed by atoms with van der Waals surface area (Å²) in [5.74, 6) is 0.295. The van der Waals surface area contributed by atoms with Gasteiger partial charge in [0.2, 0.25) is 0 Å². The number of rotatable bonds is 7. The highest BCUT2D eigenvalue weighted by Gasteiger charge is 2.39. The summed E-state index contributed by atoms with van der Waals surface area (Å²) in [7, 11) is 0. The number of carboxylic acid groups (broad SMARTS) is 1. The molecule has 0 spiro atoms. The summed E-state index contributed by atoms with van der Waals surface area (Å²) in [4.78, 5) is 12.5. The molecule has 0 aromatic carbocycles. The van der Waals surface area contributed by atoms with Crippen LogP contribution in [0.4, 0.5) is 0 Å². The van der Waals surface area contributed by atoms with Gasteiger partial charge < -0.3 is 10.2 Å². The molecule has 0 radical (unpaired) electrons. The molecule has 144 valence electrons. The maximum absolute atomic E-state index is 11.0. The zero-order valence-corrected chi connectivity index (χ0v) is 16.7. The first-order valence-corrected chi connectivity index (χ1v) is 11.1. The monoisotopic (exact) mass is 396 g/mol. The van der Waals surface area contributed by atoms with Crippen molar-refractivity contribution in [2.45, 2.75) is 69.3 Å². The maximum atomic E-state index is 11.0. The molecule has 4 atom stereocenters. The van der Waals surface area contributed by atoms with E-state index in [-0.39, 0.29) is 17.4 Å². The van der Waals surface area contributed by atoms with Gasteiger partial charge in [0.25, 0.3) is 0 Å². The summed E-state index contributed by atoms with van der Waals surface area (Å²) in [6, 6.07) is 3.60. The number of aromatic carboxylic acids is 1. The smallest absolute Gasteiger partial charge is 0.345 e. The average molecular weight is 397 g/mol. The summed E-state index contributed by atoms with van der Waals surface area (Å²) in [5.41, 5.74) is 0. The number of alkyl halides is 1. The number of aliphatic hydroxyl groups excluding tert-OH is 1. The first kappa shape index (κ1) is 19.9. The molecular weight excluding hydrogens is 368 g/mol. The Morgan fingerprint density at radius 1 is 1.23 bits per heavy atom. The van der Waals surface area contributed by atoms with E-state index in [4.69, 9.17) is 16.7 Å². The normalized spacial score (nSPS) is 30.2. The Morgan fingerprint density at radius 2 is 2.00 bits per heavy atom. The molecule has 26 heavy (non-hydrogen) atoms. The highest BCUT2D eigenvalue weighted by Crippen LogP contribution is 2.40. The van der Waals surface area contributed by atoms with Crippen LogP contribution in [0.15, 0.2) is 24.3 Å². The molecule has 3 rings (SSSR count). The fraction of sp³-hybridized carbons (Fsp3) is 0.667. The van der Waals surface area contributed by atoms with Gasteiger partial charge in [-0.2, -0.15) is 0 Å². The van der Waals surface area contributed by atoms with Crippen molar-refractivity contribution in [1.29, 1.82) is 0 Å². The molecule has 3 nitrogen and oxygen atoms in total. The molecule has 1 aromatic rings. The lowest BCUT2D eigenvalue weighted by atomic mass is 9.85. The van der Waals surface area contributed by atoms with Crippen LogP contribution in [0.25, 0.3) is 0 Å². The topological polar surface area (TPSA) is 57.5 Å². The molecule has 0 saturated heterocycles. The third-order valence-electron chi connectivity index (χ3n) is 5.96. The van der Waals surface area contributed by atoms with Gasteiger partial charge in [0.15, 0.2) is 0 Å². The van der Waals surface area contributed by atoms with E-state index >= 15 is 0 Å². The summed E-state index contributed by atoms with van der Waals surface area (Å²) >= 11 is 7.91. The van der Waals surface area contributed by atoms with Crippen molar-refractivity contribution in [2.75, 3.05) is 0 Å². The van der Waals surface area contributed by atoms with Crippen LogP contribution in [0.5, 0.6) is 0 Å². The van der Waals surface area contributed by atoms with Crippen LogP contribution in [0.2, 0.25) is 0 Å². The van der Waals surface area contributed by atoms with Gasteiger partial charge in [0, 0.05) is 16.2 Å². The number of thiophene rings is 1. The summed E-state index contributed by atoms with van der Waals surface area (Å²) < 4.78 is 0. The van der Waals surface area contributed by atoms with Crippen molar-refractivity contribution in [3.8, 4) is 0 Å². The number of aryl methyl sites for hydroxylation is 1. The zero-order chi connectivity index (χ0) is 18.5. The van der Waals surface area contributed by atoms with Crippen LogP contribution >= 0.6 is 22.9 Å². The Balaban J connectivity index is 1.53. The largest absolute Gasteiger partial charge is 0.477 e. The minimum absolute atomic E-state index is 0.0314. The van der Waals surface area contributed by atoms with Crippen molar-refractivity contribution < 1.29 is 15.0 Å². The highest BCUT2D eigenvalue weighted by atomic mass is 35.5. The number of allylic oxidation sites excluding steroid dienone is 1. The summed E-state index contributed by atoms with van der Waals surface area (Å²) in [6.07, 6.45) is 14.3. The van der Waals surface area contributed by atoms with Gasteiger partial charge in [-0.05, 0) is 62.5 Å². The maximum Gasteiger partial charge on any atom is 0.345 e. The summed E-state index contributed by atoms with van der Waals surface area (Å²) in [6.45, 7) is 0. The highest BCUT2D eigenvalue weighted by molar-refractivity contribution is 7.13. The van der Waals surface area contributed by atoms with E-state index < -0.39 is 5.97 Å². The molecule has 1 heterocycles. The van der Waals surface area contributed by atoms with Crippen LogP contribution < -0.4 is 0 Å². The van der Waals surface area contributed by atoms with E-state index in [1.54, 1.807) is 6.07 Å². The van der Waals surface area contributed by atoms with E-state index in [1.807, 2.05) is 6.07 Å². The standard InChI is InChI=1S/C21H29ClO3S/c22-18-13-19(23)17(11-9-14-5-2-1-3-6-14)16(18)8-4-7-15-10-12-20(26-15)21(24)25/h9-12,14,16-19,23H,1-8,13H2,(H,24,25)/b11-9+/t16-,17?,18?,19-/m1/s1. The minimum atomic E-state index is -0.853. The van der Waals surface area contributed by atoms with E-state index in [1.165, 1.54) is 43.4 Å². The first-order valence-electron chi connectivity index (χ1n) is 9.87. The fourth-order valence-electron chi connectivity index (χ4n) is 4.48. The molecule has 0 bridgehead atoms. The lowest BCUT2D eigenvalue weighted by Crippen LogP contribution is -2.19. The molecule has 2 unspecified atom stereocenters. The van der Waals surface area contributed by atoms with E-state index in [2.05, 4.69) is 12.2 Å². The Kier molecular flexibility index (Phi) is 7.19. The van der Waals surface area contributed by atoms with Crippen molar-refractivity contribution in [3.63, 3.8) is 0 Å². The van der Waals surface area contributed by atoms with Gasteiger partial charge in [-0.25, -0.2) is 4.79 Å². The second kappa shape index (κ2) is 9.38. The first-order chi connectivity index (χ1) is 12.5. The van der Waals surface area contributed by atoms with Gasteiger partial charge in [-0.1, -0.05) is 31.4 Å². The Bertz CT molecular complexity index is 621. The van der Waals surface area contributed by atoms with E-state index in [0.29, 0.717) is 23.1 Å². The van der Waals surface area contributed by atoms with Crippen LogP contribution in [0.3, 0.4) is 0 Å². The Labute approximate surface area is 165 Å². The molecule has 2 N–H and O–H groups in total. The third-order valence-corrected chi connectivity index (χ3v) is 7.59. The Hall–Kier alpha value is -0.840. The fourth-order valence-corrected chi connectivity index (χ4v) is 5.85. The molecular formula is C21H29ClO3S. The number of hydrogen-bond donors (Lipinski definition) is 2. The quantitative estimate of drug-likeness (QED) is 0.472. The van der Waals surface area contributed by atoms with Crippen molar-refractivity contribution in [3.05, 3.63) is 34.0 Å². The van der Waals surface area contributed by atoms with E-state index in [0.717, 1.165) is 24.1 Å². The van der Waals surface area contributed by atoms with Gasteiger partial charge in [0.05, 0.1) is 6.10 Å². The number of aliphatic hydroxyl groups is 1. The van der Waals surface area contributed by atoms with Crippen LogP contribution in [0.1, 0.15) is 65.9 Å². The van der Waals surface area contributed by atoms with Crippen LogP contribution in [-0.4, -0.2) is 27.7 Å². The predicted octanol–water partition coefficient (Wildman–Crippen LogP) is 5.51. The predicted molar refractivity (Wildman–Crippen MR) is 107 cm³/mol. The lowest BCUT2D eigenvalue weighted by Gasteiger charge is -2.22. The van der Waals surface area contributed by atoms with Gasteiger partial charge in [-0.3, -0.25) is 0 Å². The number of halogens is 1. The molecule has 0 aliphatic heterocycles. The molecule has 0 amide bonds. The SMILES string of the molecule is O=C(O)c1ccc(CCC[C@H]2C(Cl)C[C@@H](O)C2/C=C/C2CCCCC2)s1. The minimum Gasteiger partial charge on any atom is -0.477 e. The summed E-state index contributed by atoms with van der Waals surface area (Å²) in [5, 5.41) is 19.5. The van der Waals surface area contributed by atoms with Gasteiger partial charge >= 0.3 is 5.97 Å². The van der Waals surface area contributed by atoms with Crippen molar-refractivity contribution >= 4 is 28.9 Å². The van der Waals surface area contributed by atoms with E-state index in [9.17, 15) is 9.90 Å². The lowest BCUT2D eigenvalue weighted by molar-refractivity contribution is 0.0702. The number of carbonyl (C=O) groups is 1. The van der Waals surface area contributed by atoms with Crippen molar-refractivity contribution in [2.24, 2.45) is 17.8 Å². The second-order valence-corrected chi connectivity index (χ2v) is 9.54. The average Bonchev–Trinajstić information content (AvgIpc) is 3.19. The number of carboxylic acids is 1. The molecule has 2 fully saturated rings. The third kappa shape index (κ3) is 5.11. The Morgan fingerprint density at radius 3 is 2.69 bits per heavy atom. The number of hydrogen-bond acceptors (Lipinski definition) is 3.